The molecule has 1 aromatic carbocycles. The van der Waals surface area contributed by atoms with Crippen LogP contribution in [-0.2, 0) is 0 Å². The maximum Gasteiger partial charge on any atom is 0.319 e. The van der Waals surface area contributed by atoms with Gasteiger partial charge in [0.1, 0.15) is 11.6 Å². The largest absolute Gasteiger partial charge is 0.337 e. The van der Waals surface area contributed by atoms with E-state index < -0.39 is 17.7 Å². The Bertz CT molecular complexity index is 531. The standard InChI is InChI=1S/C16H24F2N4O/c1-21(2)13-5-8-22(9-6-13)10-7-19-16(23)20-15-11-12(17)3-4-14(15)18/h3-4,11,13H,5-10H2,1-2H3,(H2,19,20,23). The SMILES string of the molecule is CN(C)C1CCN(CCNC(=O)Nc2cc(F)ccc2F)CC1. The third-order valence-electron chi connectivity index (χ3n) is 4.18. The fourth-order valence-electron chi connectivity index (χ4n) is 2.75. The predicted molar refractivity (Wildman–Crippen MR) is 86.5 cm³/mol. The van der Waals surface area contributed by atoms with Crippen LogP contribution in [0.5, 0.6) is 0 Å². The average molecular weight is 326 g/mol. The van der Waals surface area contributed by atoms with Crippen molar-refractivity contribution >= 4 is 11.7 Å². The van der Waals surface area contributed by atoms with Gasteiger partial charge in [0.15, 0.2) is 0 Å². The van der Waals surface area contributed by atoms with Crippen LogP contribution < -0.4 is 10.6 Å². The minimum atomic E-state index is -0.660. The molecule has 1 heterocycles. The number of hydrogen-bond donors (Lipinski definition) is 2. The molecule has 0 aromatic heterocycles. The molecule has 0 spiro atoms. The highest BCUT2D eigenvalue weighted by atomic mass is 19.1. The maximum absolute atomic E-state index is 13.4. The molecule has 0 saturated carbocycles. The topological polar surface area (TPSA) is 47.6 Å². The van der Waals surface area contributed by atoms with E-state index >= 15 is 0 Å². The van der Waals surface area contributed by atoms with Crippen molar-refractivity contribution in [3.63, 3.8) is 0 Å². The lowest BCUT2D eigenvalue weighted by Crippen LogP contribution is -2.44. The lowest BCUT2D eigenvalue weighted by atomic mass is 10.0. The van der Waals surface area contributed by atoms with Crippen LogP contribution in [0, 0.1) is 11.6 Å². The van der Waals surface area contributed by atoms with Crippen LogP contribution in [0.3, 0.4) is 0 Å². The van der Waals surface area contributed by atoms with Crippen LogP contribution in [0.25, 0.3) is 0 Å². The predicted octanol–water partition coefficient (Wildman–Crippen LogP) is 2.11. The molecule has 7 heteroatoms. The first-order chi connectivity index (χ1) is 11.0. The monoisotopic (exact) mass is 326 g/mol. The Hall–Kier alpha value is -1.73. The molecular weight excluding hydrogens is 302 g/mol. The number of carbonyl (C=O) groups is 1. The van der Waals surface area contributed by atoms with Gasteiger partial charge in [0.25, 0.3) is 0 Å². The molecule has 2 amide bonds. The number of benzene rings is 1. The number of halogens is 2. The highest BCUT2D eigenvalue weighted by molar-refractivity contribution is 5.89. The summed E-state index contributed by atoms with van der Waals surface area (Å²) in [7, 11) is 4.19. The Morgan fingerprint density at radius 2 is 2.00 bits per heavy atom. The van der Waals surface area contributed by atoms with Crippen LogP contribution >= 0.6 is 0 Å². The highest BCUT2D eigenvalue weighted by Crippen LogP contribution is 2.15. The van der Waals surface area contributed by atoms with Crippen LogP contribution in [0.15, 0.2) is 18.2 Å². The Kier molecular flexibility index (Phi) is 6.29. The van der Waals surface area contributed by atoms with E-state index in [1.807, 2.05) is 0 Å². The van der Waals surface area contributed by atoms with E-state index in [2.05, 4.69) is 34.5 Å². The van der Waals surface area contributed by atoms with E-state index in [9.17, 15) is 13.6 Å². The second-order valence-electron chi connectivity index (χ2n) is 6.04. The third-order valence-corrected chi connectivity index (χ3v) is 4.18. The van der Waals surface area contributed by atoms with Crippen LogP contribution in [0.2, 0.25) is 0 Å². The average Bonchev–Trinajstić information content (AvgIpc) is 2.51. The van der Waals surface area contributed by atoms with Gasteiger partial charge >= 0.3 is 6.03 Å². The maximum atomic E-state index is 13.4. The molecule has 5 nitrogen and oxygen atoms in total. The molecule has 0 atom stereocenters. The number of urea groups is 1. The fourth-order valence-corrected chi connectivity index (χ4v) is 2.75. The first kappa shape index (κ1) is 17.6. The molecular formula is C16H24F2N4O. The summed E-state index contributed by atoms with van der Waals surface area (Å²) in [6, 6.07) is 3.05. The van der Waals surface area contributed by atoms with Crippen molar-refractivity contribution in [2.24, 2.45) is 0 Å². The molecule has 1 aliphatic heterocycles. The molecule has 1 saturated heterocycles. The minimum Gasteiger partial charge on any atom is -0.337 e. The van der Waals surface area contributed by atoms with E-state index in [-0.39, 0.29) is 5.69 Å². The zero-order valence-electron chi connectivity index (χ0n) is 13.6. The fraction of sp³-hybridized carbons (Fsp3) is 0.562. The van der Waals surface area contributed by atoms with Crippen molar-refractivity contribution < 1.29 is 13.6 Å². The summed E-state index contributed by atoms with van der Waals surface area (Å²) in [5.41, 5.74) is -0.158. The Labute approximate surface area is 135 Å². The van der Waals surface area contributed by atoms with Crippen LogP contribution in [0.1, 0.15) is 12.8 Å². The number of hydrogen-bond acceptors (Lipinski definition) is 3. The van der Waals surface area contributed by atoms with E-state index in [0.717, 1.165) is 50.7 Å². The van der Waals surface area contributed by atoms with E-state index in [1.54, 1.807) is 0 Å². The van der Waals surface area contributed by atoms with Gasteiger partial charge in [-0.25, -0.2) is 13.6 Å². The quantitative estimate of drug-likeness (QED) is 0.871. The van der Waals surface area contributed by atoms with Gasteiger partial charge in [0, 0.05) is 25.2 Å². The first-order valence-electron chi connectivity index (χ1n) is 7.84. The van der Waals surface area contributed by atoms with Gasteiger partial charge in [-0.3, -0.25) is 0 Å². The summed E-state index contributed by atoms with van der Waals surface area (Å²) in [6.07, 6.45) is 2.24. The molecule has 1 aliphatic rings. The van der Waals surface area contributed by atoms with Gasteiger partial charge < -0.3 is 20.4 Å². The molecule has 0 radical (unpaired) electrons. The number of nitrogens with one attached hydrogen (secondary N) is 2. The minimum absolute atomic E-state index is 0.158. The number of nitrogens with zero attached hydrogens (tertiary/aromatic N) is 2. The Morgan fingerprint density at radius 1 is 1.30 bits per heavy atom. The summed E-state index contributed by atoms with van der Waals surface area (Å²) >= 11 is 0. The Balaban J connectivity index is 1.68. The van der Waals surface area contributed by atoms with Crippen molar-refractivity contribution in [1.29, 1.82) is 0 Å². The van der Waals surface area contributed by atoms with Gasteiger partial charge in [-0.1, -0.05) is 0 Å². The third kappa shape index (κ3) is 5.44. The highest BCUT2D eigenvalue weighted by Gasteiger charge is 2.20. The second kappa shape index (κ2) is 8.21. The van der Waals surface area contributed by atoms with Crippen LogP contribution in [-0.4, -0.2) is 62.1 Å². The number of anilines is 1. The zero-order chi connectivity index (χ0) is 16.8. The summed E-state index contributed by atoms with van der Waals surface area (Å²) in [5, 5.41) is 4.99. The van der Waals surface area contributed by atoms with E-state index in [4.69, 9.17) is 0 Å². The lowest BCUT2D eigenvalue weighted by molar-refractivity contribution is 0.146. The first-order valence-corrected chi connectivity index (χ1v) is 7.84. The van der Waals surface area contributed by atoms with E-state index in [1.165, 1.54) is 0 Å². The lowest BCUT2D eigenvalue weighted by Gasteiger charge is -2.35. The number of piperidine rings is 1. The van der Waals surface area contributed by atoms with Gasteiger partial charge in [-0.05, 0) is 52.2 Å². The molecule has 0 bridgehead atoms. The van der Waals surface area contributed by atoms with Crippen molar-refractivity contribution in [3.8, 4) is 0 Å². The van der Waals surface area contributed by atoms with Crippen molar-refractivity contribution in [2.75, 3.05) is 45.6 Å². The van der Waals surface area contributed by atoms with Gasteiger partial charge in [0.05, 0.1) is 5.69 Å². The molecule has 1 aromatic rings. The van der Waals surface area contributed by atoms with Gasteiger partial charge in [-0.2, -0.15) is 0 Å². The number of likely N-dealkylation sites (tertiary alicyclic amines) is 1. The zero-order valence-corrected chi connectivity index (χ0v) is 13.6. The Morgan fingerprint density at radius 3 is 2.65 bits per heavy atom. The van der Waals surface area contributed by atoms with Gasteiger partial charge in [0.2, 0.25) is 0 Å². The number of carbonyl (C=O) groups excluding carboxylic acids is 1. The van der Waals surface area contributed by atoms with Gasteiger partial charge in [-0.15, -0.1) is 0 Å². The molecule has 2 rings (SSSR count). The molecule has 2 N–H and O–H groups in total. The normalized spacial score (nSPS) is 16.6. The summed E-state index contributed by atoms with van der Waals surface area (Å²) in [6.45, 7) is 3.23. The summed E-state index contributed by atoms with van der Waals surface area (Å²) < 4.78 is 26.5. The summed E-state index contributed by atoms with van der Waals surface area (Å²) in [4.78, 5) is 16.3. The van der Waals surface area contributed by atoms with Crippen molar-refractivity contribution in [2.45, 2.75) is 18.9 Å². The van der Waals surface area contributed by atoms with E-state index in [0.29, 0.717) is 12.6 Å². The molecule has 1 fully saturated rings. The smallest absolute Gasteiger partial charge is 0.319 e. The number of amides is 2. The summed E-state index contributed by atoms with van der Waals surface area (Å²) in [5.74, 6) is -1.25. The second-order valence-corrected chi connectivity index (χ2v) is 6.04. The molecule has 128 valence electrons. The molecule has 0 unspecified atom stereocenters. The number of rotatable bonds is 5. The van der Waals surface area contributed by atoms with Crippen molar-refractivity contribution in [1.82, 2.24) is 15.1 Å². The van der Waals surface area contributed by atoms with Crippen molar-refractivity contribution in [3.05, 3.63) is 29.8 Å². The van der Waals surface area contributed by atoms with Crippen LogP contribution in [0.4, 0.5) is 19.3 Å². The molecule has 23 heavy (non-hydrogen) atoms. The molecule has 0 aliphatic carbocycles.